The number of carbonyl (C=O) groups excluding carboxylic acids is 2. The number of nitro benzene ring substituents is 1. The largest absolute Gasteiger partial charge is 0.311 e. The fourth-order valence-electron chi connectivity index (χ4n) is 3.69. The Morgan fingerprint density at radius 2 is 2.03 bits per heavy atom. The van der Waals surface area contributed by atoms with Gasteiger partial charge in [0.15, 0.2) is 5.13 Å². The first-order chi connectivity index (χ1) is 15.3. The van der Waals surface area contributed by atoms with Gasteiger partial charge in [0.25, 0.3) is 5.69 Å². The summed E-state index contributed by atoms with van der Waals surface area (Å²) in [5.74, 6) is -0.423. The highest BCUT2D eigenvalue weighted by Crippen LogP contribution is 2.34. The van der Waals surface area contributed by atoms with E-state index in [-0.39, 0.29) is 23.9 Å². The molecule has 1 atom stereocenters. The van der Waals surface area contributed by atoms with E-state index in [0.29, 0.717) is 22.0 Å². The van der Waals surface area contributed by atoms with Crippen LogP contribution < -0.4 is 5.32 Å². The Balaban J connectivity index is 1.51. The molecule has 1 N–H and O–H groups in total. The maximum absolute atomic E-state index is 12.8. The van der Waals surface area contributed by atoms with Crippen molar-refractivity contribution in [3.05, 3.63) is 80.8 Å². The highest BCUT2D eigenvalue weighted by Gasteiger charge is 2.28. The van der Waals surface area contributed by atoms with Crippen LogP contribution in [0.5, 0.6) is 0 Å². The summed E-state index contributed by atoms with van der Waals surface area (Å²) in [7, 11) is 0. The van der Waals surface area contributed by atoms with Gasteiger partial charge in [-0.1, -0.05) is 36.4 Å². The summed E-state index contributed by atoms with van der Waals surface area (Å²) in [5.41, 5.74) is 3.62. The van der Waals surface area contributed by atoms with Crippen molar-refractivity contribution in [1.82, 2.24) is 9.88 Å². The van der Waals surface area contributed by atoms with Crippen LogP contribution in [0.4, 0.5) is 10.8 Å². The van der Waals surface area contributed by atoms with E-state index in [9.17, 15) is 19.7 Å². The topological polar surface area (TPSA) is 105 Å². The molecule has 0 aliphatic carbocycles. The number of nitrogens with one attached hydrogen (secondary N) is 1. The zero-order valence-electron chi connectivity index (χ0n) is 17.4. The molecule has 0 fully saturated rings. The maximum atomic E-state index is 12.8. The number of anilines is 1. The number of benzene rings is 2. The van der Waals surface area contributed by atoms with Gasteiger partial charge in [0.2, 0.25) is 11.8 Å². The van der Waals surface area contributed by atoms with E-state index < -0.39 is 11.0 Å². The molecule has 3 aromatic rings. The second-order valence-corrected chi connectivity index (χ2v) is 8.29. The number of rotatable bonds is 5. The molecule has 1 aliphatic heterocycles. The predicted molar refractivity (Wildman–Crippen MR) is 123 cm³/mol. The number of nitro groups is 1. The van der Waals surface area contributed by atoms with Crippen LogP contribution in [0, 0.1) is 17.0 Å². The number of thiazole rings is 1. The van der Waals surface area contributed by atoms with E-state index in [0.717, 1.165) is 11.1 Å². The second kappa shape index (κ2) is 8.72. The Morgan fingerprint density at radius 1 is 1.25 bits per heavy atom. The number of amides is 2. The number of aromatic nitrogens is 1. The predicted octanol–water partition coefficient (Wildman–Crippen LogP) is 4.93. The lowest BCUT2D eigenvalue weighted by atomic mass is 9.93. The number of nitrogens with zero attached hydrogens (tertiary/aromatic N) is 3. The lowest BCUT2D eigenvalue weighted by Gasteiger charge is -2.32. The van der Waals surface area contributed by atoms with Gasteiger partial charge in [-0.15, -0.1) is 11.3 Å². The number of carbonyl (C=O) groups is 2. The summed E-state index contributed by atoms with van der Waals surface area (Å²) in [6, 6.07) is 12.2. The molecule has 2 aromatic carbocycles. The minimum Gasteiger partial charge on any atom is -0.311 e. The van der Waals surface area contributed by atoms with Crippen LogP contribution in [0.1, 0.15) is 36.1 Å². The van der Waals surface area contributed by atoms with Gasteiger partial charge in [-0.05, 0) is 24.1 Å². The lowest BCUT2D eigenvalue weighted by Crippen LogP contribution is -2.33. The Hall–Kier alpha value is -3.85. The Morgan fingerprint density at radius 3 is 2.78 bits per heavy atom. The Kier molecular flexibility index (Phi) is 5.83. The van der Waals surface area contributed by atoms with Gasteiger partial charge >= 0.3 is 0 Å². The zero-order valence-corrected chi connectivity index (χ0v) is 18.3. The van der Waals surface area contributed by atoms with Crippen molar-refractivity contribution in [2.24, 2.45) is 0 Å². The van der Waals surface area contributed by atoms with E-state index in [1.807, 2.05) is 30.3 Å². The minimum absolute atomic E-state index is 0.0226. The quantitative estimate of drug-likeness (QED) is 0.440. The van der Waals surface area contributed by atoms with Crippen LogP contribution in [0.15, 0.2) is 54.0 Å². The van der Waals surface area contributed by atoms with Crippen molar-refractivity contribution in [3.63, 3.8) is 0 Å². The highest BCUT2D eigenvalue weighted by molar-refractivity contribution is 7.14. The summed E-state index contributed by atoms with van der Waals surface area (Å²) >= 11 is 1.24. The van der Waals surface area contributed by atoms with Crippen LogP contribution in [-0.2, 0) is 9.59 Å². The molecule has 0 radical (unpaired) electrons. The van der Waals surface area contributed by atoms with Crippen LogP contribution in [-0.4, -0.2) is 26.6 Å². The van der Waals surface area contributed by atoms with Crippen molar-refractivity contribution < 1.29 is 14.5 Å². The van der Waals surface area contributed by atoms with Gasteiger partial charge in [0, 0.05) is 35.7 Å². The average Bonchev–Trinajstić information content (AvgIpc) is 3.22. The van der Waals surface area contributed by atoms with Crippen LogP contribution in [0.3, 0.4) is 0 Å². The third-order valence-electron chi connectivity index (χ3n) is 5.30. The van der Waals surface area contributed by atoms with E-state index in [1.165, 1.54) is 24.3 Å². The Bertz CT molecular complexity index is 1250. The molecular weight excluding hydrogens is 428 g/mol. The van der Waals surface area contributed by atoms with E-state index in [1.54, 1.807) is 35.5 Å². The van der Waals surface area contributed by atoms with E-state index >= 15 is 0 Å². The third-order valence-corrected chi connectivity index (χ3v) is 6.06. The zero-order chi connectivity index (χ0) is 22.8. The summed E-state index contributed by atoms with van der Waals surface area (Å²) in [6.07, 6.45) is 3.64. The molecule has 2 amide bonds. The first kappa shape index (κ1) is 21.4. The molecule has 1 unspecified atom stereocenters. The number of fused-ring (bicyclic) bond motifs is 1. The maximum Gasteiger partial charge on any atom is 0.272 e. The second-order valence-electron chi connectivity index (χ2n) is 7.44. The van der Waals surface area contributed by atoms with Gasteiger partial charge in [-0.2, -0.15) is 0 Å². The molecule has 32 heavy (non-hydrogen) atoms. The summed E-state index contributed by atoms with van der Waals surface area (Å²) in [6.45, 7) is 3.15. The molecule has 0 bridgehead atoms. The van der Waals surface area contributed by atoms with E-state index in [4.69, 9.17) is 0 Å². The van der Waals surface area contributed by atoms with Crippen molar-refractivity contribution in [1.29, 1.82) is 0 Å². The van der Waals surface area contributed by atoms with Crippen molar-refractivity contribution >= 4 is 40.0 Å². The van der Waals surface area contributed by atoms with Gasteiger partial charge in [-0.3, -0.25) is 19.7 Å². The molecule has 1 aliphatic rings. The monoisotopic (exact) mass is 448 g/mol. The molecule has 0 spiro atoms. The van der Waals surface area contributed by atoms with Crippen LogP contribution in [0.25, 0.3) is 17.3 Å². The van der Waals surface area contributed by atoms with Crippen molar-refractivity contribution in [2.45, 2.75) is 26.3 Å². The number of aryl methyl sites for hydroxylation is 1. The van der Waals surface area contributed by atoms with Crippen molar-refractivity contribution in [2.75, 3.05) is 5.32 Å². The van der Waals surface area contributed by atoms with Crippen LogP contribution >= 0.6 is 11.3 Å². The van der Waals surface area contributed by atoms with Gasteiger partial charge in [-0.25, -0.2) is 4.98 Å². The summed E-state index contributed by atoms with van der Waals surface area (Å²) in [4.78, 5) is 41.6. The first-order valence-electron chi connectivity index (χ1n) is 9.90. The molecule has 0 saturated heterocycles. The lowest BCUT2D eigenvalue weighted by molar-refractivity contribution is -0.385. The first-order valence-corrected chi connectivity index (χ1v) is 10.8. The van der Waals surface area contributed by atoms with Gasteiger partial charge in [0.05, 0.1) is 23.1 Å². The summed E-state index contributed by atoms with van der Waals surface area (Å²) < 4.78 is 0. The summed E-state index contributed by atoms with van der Waals surface area (Å²) in [5, 5.41) is 16.1. The molecule has 2 heterocycles. The average molecular weight is 449 g/mol. The Labute approximate surface area is 188 Å². The SMILES string of the molecule is CC(=O)N1C=Cc2ccccc2C1CC(=O)Nc1nc(-c2ccc(C)c([N+](=O)[O-])c2)cs1. The van der Waals surface area contributed by atoms with Gasteiger partial charge < -0.3 is 10.2 Å². The van der Waals surface area contributed by atoms with Crippen molar-refractivity contribution in [3.8, 4) is 11.3 Å². The molecule has 0 saturated carbocycles. The standard InChI is InChI=1S/C23H20N4O4S/c1-14-7-8-17(11-20(14)27(30)31)19-13-32-23(24-19)25-22(29)12-21-18-6-4-3-5-16(18)9-10-26(21)15(2)28/h3-11,13,21H,12H2,1-2H3,(H,24,25,29). The fourth-order valence-corrected chi connectivity index (χ4v) is 4.42. The minimum atomic E-state index is -0.425. The molecule has 4 rings (SSSR count). The smallest absolute Gasteiger partial charge is 0.272 e. The highest BCUT2D eigenvalue weighted by atomic mass is 32.1. The normalized spacial score (nSPS) is 14.7. The third kappa shape index (κ3) is 4.28. The van der Waals surface area contributed by atoms with Gasteiger partial charge in [0.1, 0.15) is 0 Å². The molecule has 162 valence electrons. The fraction of sp³-hybridized carbons (Fsp3) is 0.174. The molecule has 8 nitrogen and oxygen atoms in total. The van der Waals surface area contributed by atoms with E-state index in [2.05, 4.69) is 10.3 Å². The number of hydrogen-bond donors (Lipinski definition) is 1. The molecule has 1 aromatic heterocycles. The van der Waals surface area contributed by atoms with Crippen LogP contribution in [0.2, 0.25) is 0 Å². The molecular formula is C23H20N4O4S. The molecule has 9 heteroatoms. The number of hydrogen-bond acceptors (Lipinski definition) is 6.